The topological polar surface area (TPSA) is 143 Å². The van der Waals surface area contributed by atoms with E-state index in [1.165, 1.54) is 6.26 Å². The zero-order valence-corrected chi connectivity index (χ0v) is 22.2. The Morgan fingerprint density at radius 3 is 2.41 bits per heavy atom. The molecule has 3 N–H and O–H groups in total. The van der Waals surface area contributed by atoms with Crippen LogP contribution in [0.2, 0.25) is 0 Å². The third-order valence-electron chi connectivity index (χ3n) is 5.64. The van der Waals surface area contributed by atoms with Gasteiger partial charge in [0, 0.05) is 23.6 Å². The van der Waals surface area contributed by atoms with Crippen LogP contribution < -0.4 is 10.6 Å². The molecule has 0 aliphatic carbocycles. The molecule has 4 aromatic rings. The highest BCUT2D eigenvalue weighted by atomic mass is 32.2. The highest BCUT2D eigenvalue weighted by molar-refractivity contribution is 7.90. The Morgan fingerprint density at radius 2 is 1.81 bits per heavy atom. The number of nitrogens with zero attached hydrogens (tertiary/aromatic N) is 4. The molecular formula is C26H30N6O4S. The van der Waals surface area contributed by atoms with E-state index >= 15 is 0 Å². The second kappa shape index (κ2) is 10.3. The minimum atomic E-state index is -3.33. The first-order chi connectivity index (χ1) is 17.5. The van der Waals surface area contributed by atoms with Gasteiger partial charge in [0.05, 0.1) is 17.5 Å². The standard InChI is InChI=1S/C26H30N6O4S/c1-16-13-18(11-12-21(16)37(5,34)35)28-25-27-14-19(23-31-24(32-36-23)26(2,3)4)22(30-25)29-20(15-33)17-9-7-6-8-10-17/h6-14,20,33H,15H2,1-5H3,(H2,27,28,29,30)/t20-/m1/s1. The number of nitrogens with one attached hydrogen (secondary N) is 2. The lowest BCUT2D eigenvalue weighted by molar-refractivity contribution is 0.276. The van der Waals surface area contributed by atoms with E-state index in [9.17, 15) is 13.5 Å². The molecule has 2 heterocycles. The van der Waals surface area contributed by atoms with Gasteiger partial charge in [0.1, 0.15) is 11.4 Å². The summed E-state index contributed by atoms with van der Waals surface area (Å²) >= 11 is 0. The molecule has 11 heteroatoms. The number of hydrogen-bond donors (Lipinski definition) is 3. The van der Waals surface area contributed by atoms with E-state index in [1.54, 1.807) is 31.3 Å². The number of aryl methyl sites for hydroxylation is 1. The molecular weight excluding hydrogens is 492 g/mol. The van der Waals surface area contributed by atoms with Crippen LogP contribution in [-0.4, -0.2) is 46.5 Å². The predicted octanol–water partition coefficient (Wildman–Crippen LogP) is 4.43. The smallest absolute Gasteiger partial charge is 0.263 e. The Balaban J connectivity index is 1.72. The van der Waals surface area contributed by atoms with Crippen molar-refractivity contribution < 1.29 is 18.0 Å². The van der Waals surface area contributed by atoms with Crippen LogP contribution in [0, 0.1) is 6.92 Å². The summed E-state index contributed by atoms with van der Waals surface area (Å²) in [4.78, 5) is 13.9. The van der Waals surface area contributed by atoms with Crippen LogP contribution >= 0.6 is 0 Å². The number of sulfone groups is 1. The molecule has 4 rings (SSSR count). The summed E-state index contributed by atoms with van der Waals surface area (Å²) in [6.07, 6.45) is 2.74. The van der Waals surface area contributed by atoms with Crippen molar-refractivity contribution in [3.8, 4) is 11.5 Å². The molecule has 0 amide bonds. The van der Waals surface area contributed by atoms with Crippen molar-refractivity contribution in [3.63, 3.8) is 0 Å². The van der Waals surface area contributed by atoms with Crippen molar-refractivity contribution in [2.75, 3.05) is 23.5 Å². The molecule has 0 bridgehead atoms. The van der Waals surface area contributed by atoms with Crippen molar-refractivity contribution in [1.82, 2.24) is 20.1 Å². The van der Waals surface area contributed by atoms with Gasteiger partial charge in [-0.1, -0.05) is 56.3 Å². The van der Waals surface area contributed by atoms with Crippen LogP contribution in [-0.2, 0) is 15.3 Å². The Bertz CT molecular complexity index is 1500. The van der Waals surface area contributed by atoms with E-state index in [0.29, 0.717) is 28.5 Å². The van der Waals surface area contributed by atoms with Crippen LogP contribution in [0.1, 0.15) is 43.8 Å². The second-order valence-electron chi connectivity index (χ2n) is 9.80. The summed E-state index contributed by atoms with van der Waals surface area (Å²) in [6, 6.07) is 14.0. The second-order valence-corrected chi connectivity index (χ2v) is 11.8. The summed E-state index contributed by atoms with van der Waals surface area (Å²) in [5.74, 6) is 1.43. The van der Waals surface area contributed by atoms with E-state index in [4.69, 9.17) is 4.52 Å². The van der Waals surface area contributed by atoms with Gasteiger partial charge >= 0.3 is 0 Å². The maximum Gasteiger partial charge on any atom is 0.263 e. The number of benzene rings is 2. The van der Waals surface area contributed by atoms with E-state index in [0.717, 1.165) is 5.56 Å². The molecule has 1 atom stereocenters. The molecule has 2 aromatic carbocycles. The van der Waals surface area contributed by atoms with Gasteiger partial charge in [-0.3, -0.25) is 0 Å². The van der Waals surface area contributed by atoms with Crippen molar-refractivity contribution in [2.24, 2.45) is 0 Å². The first-order valence-corrected chi connectivity index (χ1v) is 13.6. The molecule has 194 valence electrons. The molecule has 0 saturated heterocycles. The van der Waals surface area contributed by atoms with Gasteiger partial charge in [0.2, 0.25) is 5.95 Å². The van der Waals surface area contributed by atoms with E-state index in [1.807, 2.05) is 51.1 Å². The van der Waals surface area contributed by atoms with Gasteiger partial charge in [-0.05, 0) is 36.2 Å². The molecule has 0 saturated carbocycles. The van der Waals surface area contributed by atoms with E-state index in [-0.39, 0.29) is 28.8 Å². The molecule has 0 unspecified atom stereocenters. The van der Waals surface area contributed by atoms with Crippen LogP contribution in [0.25, 0.3) is 11.5 Å². The van der Waals surface area contributed by atoms with Crippen LogP contribution in [0.3, 0.4) is 0 Å². The fraction of sp³-hybridized carbons (Fsp3) is 0.308. The lowest BCUT2D eigenvalue weighted by Crippen LogP contribution is -2.17. The normalized spacial score (nSPS) is 12.8. The molecule has 0 fully saturated rings. The SMILES string of the molecule is Cc1cc(Nc2ncc(-c3nc(C(C)(C)C)no3)c(N[C@H](CO)c3ccccc3)n2)ccc1S(C)(=O)=O. The summed E-state index contributed by atoms with van der Waals surface area (Å²) in [5.41, 5.74) is 2.26. The number of rotatable bonds is 8. The molecule has 2 aromatic heterocycles. The van der Waals surface area contributed by atoms with Gasteiger partial charge < -0.3 is 20.3 Å². The Morgan fingerprint density at radius 1 is 1.08 bits per heavy atom. The lowest BCUT2D eigenvalue weighted by atomic mass is 9.96. The van der Waals surface area contributed by atoms with E-state index in [2.05, 4.69) is 30.7 Å². The third-order valence-corrected chi connectivity index (χ3v) is 6.90. The Hall–Kier alpha value is -3.83. The fourth-order valence-electron chi connectivity index (χ4n) is 3.70. The van der Waals surface area contributed by atoms with Crippen molar-refractivity contribution in [3.05, 3.63) is 71.7 Å². The quantitative estimate of drug-likeness (QED) is 0.304. The van der Waals surface area contributed by atoms with Crippen molar-refractivity contribution in [2.45, 2.75) is 44.0 Å². The monoisotopic (exact) mass is 522 g/mol. The van der Waals surface area contributed by atoms with Gasteiger partial charge in [-0.2, -0.15) is 9.97 Å². The zero-order valence-electron chi connectivity index (χ0n) is 21.3. The number of anilines is 3. The van der Waals surface area contributed by atoms with Gasteiger partial charge in [0.15, 0.2) is 15.7 Å². The molecule has 10 nitrogen and oxygen atoms in total. The largest absolute Gasteiger partial charge is 0.394 e. The van der Waals surface area contributed by atoms with Gasteiger partial charge in [-0.25, -0.2) is 13.4 Å². The van der Waals surface area contributed by atoms with Crippen molar-refractivity contribution >= 4 is 27.3 Å². The average Bonchev–Trinajstić information content (AvgIpc) is 3.33. The Labute approximate surface area is 216 Å². The fourth-order valence-corrected chi connectivity index (χ4v) is 4.66. The third kappa shape index (κ3) is 6.12. The van der Waals surface area contributed by atoms with Gasteiger partial charge in [0.25, 0.3) is 5.89 Å². The van der Waals surface area contributed by atoms with Crippen LogP contribution in [0.15, 0.2) is 64.1 Å². The highest BCUT2D eigenvalue weighted by Crippen LogP contribution is 2.31. The lowest BCUT2D eigenvalue weighted by Gasteiger charge is -2.19. The van der Waals surface area contributed by atoms with Crippen LogP contribution in [0.5, 0.6) is 0 Å². The first-order valence-electron chi connectivity index (χ1n) is 11.7. The average molecular weight is 523 g/mol. The number of aromatic nitrogens is 4. The molecule has 0 aliphatic rings. The molecule has 0 radical (unpaired) electrons. The first kappa shape index (κ1) is 26.2. The minimum Gasteiger partial charge on any atom is -0.394 e. The van der Waals surface area contributed by atoms with Crippen molar-refractivity contribution in [1.29, 1.82) is 0 Å². The summed E-state index contributed by atoms with van der Waals surface area (Å²) in [5, 5.41) is 20.6. The van der Waals surface area contributed by atoms with E-state index < -0.39 is 15.9 Å². The highest BCUT2D eigenvalue weighted by Gasteiger charge is 2.24. The van der Waals surface area contributed by atoms with Gasteiger partial charge in [-0.15, -0.1) is 0 Å². The maximum atomic E-state index is 12.0. The van der Waals surface area contributed by atoms with Crippen LogP contribution in [0.4, 0.5) is 17.5 Å². The molecule has 0 spiro atoms. The number of hydrogen-bond acceptors (Lipinski definition) is 10. The summed E-state index contributed by atoms with van der Waals surface area (Å²) in [7, 11) is -3.33. The number of aliphatic hydroxyl groups excluding tert-OH is 1. The predicted molar refractivity (Wildman–Crippen MR) is 141 cm³/mol. The molecule has 0 aliphatic heterocycles. The maximum absolute atomic E-state index is 12.0. The molecule has 37 heavy (non-hydrogen) atoms. The zero-order chi connectivity index (χ0) is 26.8. The minimum absolute atomic E-state index is 0.181. The Kier molecular flexibility index (Phi) is 7.28. The summed E-state index contributed by atoms with van der Waals surface area (Å²) < 4.78 is 29.5. The number of aliphatic hydroxyl groups is 1. The summed E-state index contributed by atoms with van der Waals surface area (Å²) in [6.45, 7) is 7.50.